The Hall–Kier alpha value is -2.21. The number of nitrogens with one attached hydrogen (secondary N) is 2. The van der Waals surface area contributed by atoms with Crippen molar-refractivity contribution in [2.75, 3.05) is 0 Å². The van der Waals surface area contributed by atoms with Gasteiger partial charge >= 0.3 is 0 Å². The average Bonchev–Trinajstić information content (AvgIpc) is 2.79. The van der Waals surface area contributed by atoms with Gasteiger partial charge in [0.15, 0.2) is 5.82 Å². The van der Waals surface area contributed by atoms with Crippen molar-refractivity contribution in [2.24, 2.45) is 5.84 Å². The Kier molecular flexibility index (Phi) is 3.69. The average molecular weight is 245 g/mol. The maximum atomic E-state index is 11.1. The monoisotopic (exact) mass is 245 g/mol. The zero-order valence-electron chi connectivity index (χ0n) is 10.1. The van der Waals surface area contributed by atoms with Crippen LogP contribution in [-0.2, 0) is 17.6 Å². The van der Waals surface area contributed by atoms with E-state index >= 15 is 0 Å². The number of H-pyrrole nitrogens is 1. The number of carbonyl (C=O) groups excluding carboxylic acids is 1. The summed E-state index contributed by atoms with van der Waals surface area (Å²) in [5.74, 6) is 5.87. The molecule has 1 amide bonds. The third kappa shape index (κ3) is 3.14. The van der Waals surface area contributed by atoms with E-state index in [1.54, 1.807) is 0 Å². The lowest BCUT2D eigenvalue weighted by Gasteiger charge is -1.98. The van der Waals surface area contributed by atoms with Gasteiger partial charge in [-0.05, 0) is 12.5 Å². The molecule has 18 heavy (non-hydrogen) atoms. The van der Waals surface area contributed by atoms with E-state index in [1.165, 1.54) is 5.56 Å². The molecule has 0 saturated carbocycles. The molecule has 94 valence electrons. The molecule has 0 unspecified atom stereocenters. The minimum Gasteiger partial charge on any atom is -0.294 e. The first-order valence-electron chi connectivity index (χ1n) is 5.62. The summed E-state index contributed by atoms with van der Waals surface area (Å²) in [5.41, 5.74) is 4.41. The molecular formula is C12H15N5O. The van der Waals surface area contributed by atoms with Crippen molar-refractivity contribution in [1.82, 2.24) is 20.6 Å². The maximum Gasteiger partial charge on any atom is 0.241 e. The zero-order valence-corrected chi connectivity index (χ0v) is 10.1. The van der Waals surface area contributed by atoms with E-state index in [2.05, 4.69) is 27.3 Å². The van der Waals surface area contributed by atoms with Gasteiger partial charge in [0, 0.05) is 6.42 Å². The van der Waals surface area contributed by atoms with Crippen LogP contribution in [0, 0.1) is 6.92 Å². The van der Waals surface area contributed by atoms with Crippen molar-refractivity contribution in [3.8, 4) is 0 Å². The number of aryl methyl sites for hydroxylation is 1. The van der Waals surface area contributed by atoms with Gasteiger partial charge in [0.05, 0.1) is 6.42 Å². The second-order valence-corrected chi connectivity index (χ2v) is 4.10. The molecule has 0 aliphatic heterocycles. The highest BCUT2D eigenvalue weighted by Crippen LogP contribution is 2.07. The summed E-state index contributed by atoms with van der Waals surface area (Å²) < 4.78 is 0. The molecule has 0 saturated heterocycles. The van der Waals surface area contributed by atoms with Gasteiger partial charge in [0.25, 0.3) is 0 Å². The van der Waals surface area contributed by atoms with Gasteiger partial charge in [-0.3, -0.25) is 15.3 Å². The fourth-order valence-electron chi connectivity index (χ4n) is 1.59. The molecule has 0 aliphatic carbocycles. The van der Waals surface area contributed by atoms with Gasteiger partial charge < -0.3 is 0 Å². The fraction of sp³-hybridized carbons (Fsp3) is 0.250. The maximum absolute atomic E-state index is 11.1. The Morgan fingerprint density at radius 3 is 2.78 bits per heavy atom. The van der Waals surface area contributed by atoms with Crippen LogP contribution in [0.3, 0.4) is 0 Å². The molecule has 6 heteroatoms. The number of hydrogen-bond donors (Lipinski definition) is 3. The number of hydrazine groups is 1. The quantitative estimate of drug-likeness (QED) is 0.408. The lowest BCUT2D eigenvalue weighted by molar-refractivity contribution is -0.120. The van der Waals surface area contributed by atoms with E-state index in [0.29, 0.717) is 12.2 Å². The second kappa shape index (κ2) is 5.42. The first kappa shape index (κ1) is 12.3. The van der Waals surface area contributed by atoms with E-state index in [9.17, 15) is 4.79 Å². The molecule has 1 heterocycles. The summed E-state index contributed by atoms with van der Waals surface area (Å²) >= 11 is 0. The van der Waals surface area contributed by atoms with Crippen molar-refractivity contribution in [3.05, 3.63) is 47.0 Å². The number of benzene rings is 1. The van der Waals surface area contributed by atoms with E-state index in [0.717, 1.165) is 11.4 Å². The van der Waals surface area contributed by atoms with Crippen LogP contribution in [-0.4, -0.2) is 21.1 Å². The number of nitrogens with zero attached hydrogens (tertiary/aromatic N) is 2. The highest BCUT2D eigenvalue weighted by Gasteiger charge is 2.08. The molecule has 0 radical (unpaired) electrons. The smallest absolute Gasteiger partial charge is 0.241 e. The molecule has 2 aromatic rings. The first-order chi connectivity index (χ1) is 8.67. The molecule has 1 aromatic carbocycles. The van der Waals surface area contributed by atoms with E-state index in [1.807, 2.05) is 24.5 Å². The van der Waals surface area contributed by atoms with Crippen LogP contribution in [0.5, 0.6) is 0 Å². The number of carbonyl (C=O) groups is 1. The highest BCUT2D eigenvalue weighted by atomic mass is 16.2. The van der Waals surface area contributed by atoms with Crippen LogP contribution in [0.4, 0.5) is 0 Å². The Bertz CT molecular complexity index is 532. The van der Waals surface area contributed by atoms with Gasteiger partial charge in [-0.1, -0.05) is 29.8 Å². The summed E-state index contributed by atoms with van der Waals surface area (Å²) in [5, 5.41) is 6.78. The Labute approximate surface area is 105 Å². The fourth-order valence-corrected chi connectivity index (χ4v) is 1.59. The highest BCUT2D eigenvalue weighted by molar-refractivity contribution is 5.76. The van der Waals surface area contributed by atoms with Crippen molar-refractivity contribution < 1.29 is 4.79 Å². The molecule has 4 N–H and O–H groups in total. The Balaban J connectivity index is 2.02. The Morgan fingerprint density at radius 2 is 2.11 bits per heavy atom. The van der Waals surface area contributed by atoms with Gasteiger partial charge in [0.2, 0.25) is 5.91 Å². The molecule has 0 fully saturated rings. The SMILES string of the molecule is Cc1ccc(Cc2nc(CC(=O)NN)n[nH]2)cc1. The normalized spacial score (nSPS) is 10.3. The summed E-state index contributed by atoms with van der Waals surface area (Å²) in [4.78, 5) is 15.3. The van der Waals surface area contributed by atoms with Crippen LogP contribution in [0.2, 0.25) is 0 Å². The van der Waals surface area contributed by atoms with E-state index in [-0.39, 0.29) is 12.3 Å². The van der Waals surface area contributed by atoms with Crippen LogP contribution in [0.15, 0.2) is 24.3 Å². The molecule has 1 aromatic heterocycles. The summed E-state index contributed by atoms with van der Waals surface area (Å²) in [7, 11) is 0. The first-order valence-corrected chi connectivity index (χ1v) is 5.62. The van der Waals surface area contributed by atoms with Crippen molar-refractivity contribution in [2.45, 2.75) is 19.8 Å². The number of aromatic nitrogens is 3. The zero-order chi connectivity index (χ0) is 13.0. The van der Waals surface area contributed by atoms with E-state index < -0.39 is 0 Å². The molecule has 2 rings (SSSR count). The van der Waals surface area contributed by atoms with E-state index in [4.69, 9.17) is 5.84 Å². The summed E-state index contributed by atoms with van der Waals surface area (Å²) in [6.45, 7) is 2.04. The number of aromatic amines is 1. The molecule has 0 bridgehead atoms. The predicted molar refractivity (Wildman–Crippen MR) is 66.4 cm³/mol. The number of hydrogen-bond acceptors (Lipinski definition) is 4. The number of amides is 1. The molecule has 0 atom stereocenters. The van der Waals surface area contributed by atoms with Gasteiger partial charge in [-0.25, -0.2) is 10.8 Å². The van der Waals surface area contributed by atoms with Gasteiger partial charge in [-0.15, -0.1) is 0 Å². The summed E-state index contributed by atoms with van der Waals surface area (Å²) in [6.07, 6.45) is 0.748. The molecule has 6 nitrogen and oxygen atoms in total. The topological polar surface area (TPSA) is 96.7 Å². The van der Waals surface area contributed by atoms with Gasteiger partial charge in [0.1, 0.15) is 5.82 Å². The van der Waals surface area contributed by atoms with Crippen molar-refractivity contribution >= 4 is 5.91 Å². The van der Waals surface area contributed by atoms with Crippen LogP contribution in [0.1, 0.15) is 22.8 Å². The largest absolute Gasteiger partial charge is 0.294 e. The standard InChI is InChI=1S/C12H15N5O/c1-8-2-4-9(5-3-8)6-10-14-11(17-16-10)7-12(18)15-13/h2-5H,6-7,13H2,1H3,(H,15,18)(H,14,16,17). The lowest BCUT2D eigenvalue weighted by Crippen LogP contribution is -2.31. The third-order valence-electron chi connectivity index (χ3n) is 2.55. The molecular weight excluding hydrogens is 230 g/mol. The van der Waals surface area contributed by atoms with Crippen LogP contribution < -0.4 is 11.3 Å². The lowest BCUT2D eigenvalue weighted by atomic mass is 10.1. The minimum atomic E-state index is -0.309. The summed E-state index contributed by atoms with van der Waals surface area (Å²) in [6, 6.07) is 8.19. The third-order valence-corrected chi connectivity index (χ3v) is 2.55. The predicted octanol–water partition coefficient (Wildman–Crippen LogP) is 0.236. The van der Waals surface area contributed by atoms with Gasteiger partial charge in [-0.2, -0.15) is 5.10 Å². The van der Waals surface area contributed by atoms with Crippen molar-refractivity contribution in [1.29, 1.82) is 0 Å². The molecule has 0 aliphatic rings. The molecule has 0 spiro atoms. The van der Waals surface area contributed by atoms with Crippen molar-refractivity contribution in [3.63, 3.8) is 0 Å². The van der Waals surface area contributed by atoms with Crippen LogP contribution >= 0.6 is 0 Å². The number of nitrogens with two attached hydrogens (primary N) is 1. The second-order valence-electron chi connectivity index (χ2n) is 4.10. The van der Waals surface area contributed by atoms with Crippen LogP contribution in [0.25, 0.3) is 0 Å². The number of rotatable bonds is 4. The Morgan fingerprint density at radius 1 is 1.39 bits per heavy atom. The minimum absolute atomic E-state index is 0.0842.